The highest BCUT2D eigenvalue weighted by Gasteiger charge is 2.61. The molecule has 0 aromatic carbocycles. The SMILES string of the molecule is ClC1(Cl)C2CCCCCC21. The molecule has 58 valence electrons. The summed E-state index contributed by atoms with van der Waals surface area (Å²) in [6.07, 6.45) is 6.58. The Kier molecular flexibility index (Phi) is 1.65. The molecule has 2 rings (SSSR count). The predicted octanol–water partition coefficient (Wildman–Crippen LogP) is 3.37. The van der Waals surface area contributed by atoms with E-state index in [1.54, 1.807) is 0 Å². The van der Waals surface area contributed by atoms with Gasteiger partial charge in [-0.05, 0) is 24.7 Å². The molecule has 0 N–H and O–H groups in total. The Balaban J connectivity index is 2.01. The zero-order valence-electron chi connectivity index (χ0n) is 5.95. The molecule has 0 radical (unpaired) electrons. The lowest BCUT2D eigenvalue weighted by molar-refractivity contribution is 0.636. The molecule has 0 bridgehead atoms. The molecule has 2 aliphatic rings. The monoisotopic (exact) mass is 178 g/mol. The summed E-state index contributed by atoms with van der Waals surface area (Å²) in [6, 6.07) is 0. The average molecular weight is 179 g/mol. The summed E-state index contributed by atoms with van der Waals surface area (Å²) >= 11 is 12.1. The van der Waals surface area contributed by atoms with Crippen LogP contribution in [0.4, 0.5) is 0 Å². The van der Waals surface area contributed by atoms with Crippen LogP contribution in [0.1, 0.15) is 32.1 Å². The summed E-state index contributed by atoms with van der Waals surface area (Å²) in [6.45, 7) is 0. The van der Waals surface area contributed by atoms with Crippen LogP contribution in [0, 0.1) is 11.8 Å². The Hall–Kier alpha value is 0.580. The van der Waals surface area contributed by atoms with Gasteiger partial charge in [0.15, 0.2) is 0 Å². The smallest absolute Gasteiger partial charge is 0.101 e. The maximum Gasteiger partial charge on any atom is 0.124 e. The minimum Gasteiger partial charge on any atom is -0.101 e. The number of hydrogen-bond donors (Lipinski definition) is 0. The standard InChI is InChI=1S/C8H12Cl2/c9-8(10)6-4-2-1-3-5-7(6)8/h6-7H,1-5H2. The van der Waals surface area contributed by atoms with E-state index in [-0.39, 0.29) is 4.33 Å². The van der Waals surface area contributed by atoms with Gasteiger partial charge in [-0.1, -0.05) is 19.3 Å². The second-order valence-corrected chi connectivity index (χ2v) is 4.97. The zero-order chi connectivity index (χ0) is 7.19. The summed E-state index contributed by atoms with van der Waals surface area (Å²) in [5.41, 5.74) is 0. The Morgan fingerprint density at radius 2 is 1.40 bits per heavy atom. The van der Waals surface area contributed by atoms with Crippen LogP contribution in [0.15, 0.2) is 0 Å². The van der Waals surface area contributed by atoms with E-state index in [2.05, 4.69) is 0 Å². The van der Waals surface area contributed by atoms with Crippen LogP contribution in [0.3, 0.4) is 0 Å². The van der Waals surface area contributed by atoms with Crippen molar-refractivity contribution in [2.45, 2.75) is 36.4 Å². The first-order valence-corrected chi connectivity index (χ1v) is 4.86. The average Bonchev–Trinajstić information content (AvgIpc) is 2.47. The molecular formula is C8H12Cl2. The van der Waals surface area contributed by atoms with Crippen LogP contribution in [0.25, 0.3) is 0 Å². The van der Waals surface area contributed by atoms with E-state index >= 15 is 0 Å². The highest BCUT2D eigenvalue weighted by Crippen LogP contribution is 2.64. The fourth-order valence-corrected chi connectivity index (χ4v) is 3.07. The first-order chi connectivity index (χ1) is 4.73. The third-order valence-electron chi connectivity index (χ3n) is 2.90. The number of fused-ring (bicyclic) bond motifs is 1. The van der Waals surface area contributed by atoms with E-state index in [1.165, 1.54) is 32.1 Å². The molecule has 0 spiro atoms. The quantitative estimate of drug-likeness (QED) is 0.500. The first kappa shape index (κ1) is 7.24. The third-order valence-corrected chi connectivity index (χ3v) is 4.02. The molecule has 2 aliphatic carbocycles. The second-order valence-electron chi connectivity index (χ2n) is 3.53. The lowest BCUT2D eigenvalue weighted by Crippen LogP contribution is -1.93. The van der Waals surface area contributed by atoms with Gasteiger partial charge in [0.2, 0.25) is 0 Å². The largest absolute Gasteiger partial charge is 0.124 e. The van der Waals surface area contributed by atoms with Gasteiger partial charge in [0.25, 0.3) is 0 Å². The van der Waals surface area contributed by atoms with Crippen molar-refractivity contribution in [2.24, 2.45) is 11.8 Å². The van der Waals surface area contributed by atoms with E-state index in [9.17, 15) is 0 Å². The van der Waals surface area contributed by atoms with Gasteiger partial charge in [0.05, 0.1) is 0 Å². The van der Waals surface area contributed by atoms with E-state index in [4.69, 9.17) is 23.2 Å². The van der Waals surface area contributed by atoms with Crippen molar-refractivity contribution in [2.75, 3.05) is 0 Å². The lowest BCUT2D eigenvalue weighted by atomic mass is 10.2. The number of alkyl halides is 2. The van der Waals surface area contributed by atoms with Crippen molar-refractivity contribution < 1.29 is 0 Å². The highest BCUT2D eigenvalue weighted by molar-refractivity contribution is 6.51. The van der Waals surface area contributed by atoms with Gasteiger partial charge >= 0.3 is 0 Å². The predicted molar refractivity (Wildman–Crippen MR) is 44.5 cm³/mol. The molecule has 2 heteroatoms. The van der Waals surface area contributed by atoms with Crippen LogP contribution in [0.5, 0.6) is 0 Å². The van der Waals surface area contributed by atoms with Crippen LogP contribution in [-0.4, -0.2) is 4.33 Å². The molecule has 2 atom stereocenters. The fraction of sp³-hybridized carbons (Fsp3) is 1.00. The van der Waals surface area contributed by atoms with Crippen molar-refractivity contribution in [3.63, 3.8) is 0 Å². The fourth-order valence-electron chi connectivity index (χ4n) is 2.15. The van der Waals surface area contributed by atoms with Gasteiger partial charge in [0.1, 0.15) is 4.33 Å². The molecule has 10 heavy (non-hydrogen) atoms. The Morgan fingerprint density at radius 1 is 0.900 bits per heavy atom. The number of rotatable bonds is 0. The van der Waals surface area contributed by atoms with E-state index in [0.29, 0.717) is 11.8 Å². The number of hydrogen-bond acceptors (Lipinski definition) is 0. The summed E-state index contributed by atoms with van der Waals surface area (Å²) in [5, 5.41) is 0. The van der Waals surface area contributed by atoms with Crippen LogP contribution >= 0.6 is 23.2 Å². The van der Waals surface area contributed by atoms with Crippen molar-refractivity contribution in [1.29, 1.82) is 0 Å². The first-order valence-electron chi connectivity index (χ1n) is 4.11. The Morgan fingerprint density at radius 3 is 1.90 bits per heavy atom. The normalized spacial score (nSPS) is 43.8. The van der Waals surface area contributed by atoms with E-state index < -0.39 is 0 Å². The maximum absolute atomic E-state index is 6.05. The molecule has 0 saturated heterocycles. The zero-order valence-corrected chi connectivity index (χ0v) is 7.46. The van der Waals surface area contributed by atoms with Gasteiger partial charge in [-0.3, -0.25) is 0 Å². The van der Waals surface area contributed by atoms with Gasteiger partial charge in [0, 0.05) is 0 Å². The molecule has 2 fully saturated rings. The summed E-state index contributed by atoms with van der Waals surface area (Å²) in [5.74, 6) is 1.27. The Bertz CT molecular complexity index is 128. The van der Waals surface area contributed by atoms with Crippen molar-refractivity contribution in [3.05, 3.63) is 0 Å². The second kappa shape index (κ2) is 2.28. The van der Waals surface area contributed by atoms with E-state index in [0.717, 1.165) is 0 Å². The molecule has 0 aliphatic heterocycles. The minimum absolute atomic E-state index is 0.319. The molecule has 0 amide bonds. The lowest BCUT2D eigenvalue weighted by Gasteiger charge is -2.00. The Labute approximate surface area is 71.9 Å². The third kappa shape index (κ3) is 0.967. The number of halogens is 2. The molecule has 2 saturated carbocycles. The van der Waals surface area contributed by atoms with Crippen LogP contribution in [0.2, 0.25) is 0 Å². The molecule has 2 unspecified atom stereocenters. The van der Waals surface area contributed by atoms with Gasteiger partial charge in [-0.15, -0.1) is 23.2 Å². The molecule has 0 aromatic heterocycles. The summed E-state index contributed by atoms with van der Waals surface area (Å²) in [7, 11) is 0. The van der Waals surface area contributed by atoms with Crippen molar-refractivity contribution >= 4 is 23.2 Å². The molecule has 0 nitrogen and oxygen atoms in total. The van der Waals surface area contributed by atoms with Crippen LogP contribution in [-0.2, 0) is 0 Å². The van der Waals surface area contributed by atoms with Crippen molar-refractivity contribution in [1.82, 2.24) is 0 Å². The topological polar surface area (TPSA) is 0 Å². The van der Waals surface area contributed by atoms with Crippen LogP contribution < -0.4 is 0 Å². The molecule has 0 aromatic rings. The van der Waals surface area contributed by atoms with Gasteiger partial charge in [-0.2, -0.15) is 0 Å². The van der Waals surface area contributed by atoms with Gasteiger partial charge in [-0.25, -0.2) is 0 Å². The minimum atomic E-state index is -0.319. The maximum atomic E-state index is 6.05. The van der Waals surface area contributed by atoms with E-state index in [1.807, 2.05) is 0 Å². The summed E-state index contributed by atoms with van der Waals surface area (Å²) < 4.78 is -0.319. The summed E-state index contributed by atoms with van der Waals surface area (Å²) in [4.78, 5) is 0. The highest BCUT2D eigenvalue weighted by atomic mass is 35.5. The van der Waals surface area contributed by atoms with Gasteiger partial charge < -0.3 is 0 Å². The van der Waals surface area contributed by atoms with Crippen molar-refractivity contribution in [3.8, 4) is 0 Å². The molecule has 0 heterocycles. The molecular weight excluding hydrogens is 167 g/mol.